The van der Waals surface area contributed by atoms with Gasteiger partial charge in [-0.3, -0.25) is 4.98 Å². The smallest absolute Gasteiger partial charge is 0.145 e. The zero-order valence-corrected chi connectivity index (χ0v) is 14.7. The number of rotatable bonds is 4. The molecule has 5 heteroatoms. The molecule has 0 bridgehead atoms. The normalized spacial score (nSPS) is 10.4. The Morgan fingerprint density at radius 2 is 1.67 bits per heavy atom. The highest BCUT2D eigenvalue weighted by Crippen LogP contribution is 2.37. The summed E-state index contributed by atoms with van der Waals surface area (Å²) in [7, 11) is 1.64. The van der Waals surface area contributed by atoms with Crippen LogP contribution in [0, 0.1) is 0 Å². The molecule has 0 aliphatic carbocycles. The predicted molar refractivity (Wildman–Crippen MR) is 108 cm³/mol. The Bertz CT molecular complexity index is 1170. The van der Waals surface area contributed by atoms with E-state index in [9.17, 15) is 0 Å². The monoisotopic (exact) mass is 352 g/mol. The Morgan fingerprint density at radius 3 is 2.44 bits per heavy atom. The van der Waals surface area contributed by atoms with Crippen molar-refractivity contribution < 1.29 is 4.74 Å². The maximum Gasteiger partial charge on any atom is 0.145 e. The molecule has 0 saturated carbocycles. The van der Waals surface area contributed by atoms with Gasteiger partial charge in [0.1, 0.15) is 11.3 Å². The number of aromatic nitrogens is 1. The maximum absolute atomic E-state index is 8.85. The predicted octanol–water partition coefficient (Wildman–Crippen LogP) is 6.52. The fourth-order valence-corrected chi connectivity index (χ4v) is 3.23. The maximum atomic E-state index is 8.85. The van der Waals surface area contributed by atoms with Gasteiger partial charge in [0.25, 0.3) is 0 Å². The summed E-state index contributed by atoms with van der Waals surface area (Å²) < 4.78 is 5.50. The van der Waals surface area contributed by atoms with E-state index in [1.165, 1.54) is 0 Å². The van der Waals surface area contributed by atoms with E-state index in [2.05, 4.69) is 33.2 Å². The molecular formula is C22H16N4O. The Labute approximate surface area is 156 Å². The third-order valence-corrected chi connectivity index (χ3v) is 4.48. The lowest BCUT2D eigenvalue weighted by Gasteiger charge is -2.12. The van der Waals surface area contributed by atoms with Crippen molar-refractivity contribution in [1.82, 2.24) is 4.98 Å². The SMILES string of the molecule is COc1ccc(-c2ccccc2)c2cc(-c3ccccc3N=[N+]=[N-])cnc12. The molecule has 4 aromatic rings. The average molecular weight is 352 g/mol. The number of azide groups is 1. The molecule has 4 rings (SSSR count). The van der Waals surface area contributed by atoms with Crippen LogP contribution in [0.15, 0.2) is 84.1 Å². The van der Waals surface area contributed by atoms with E-state index in [4.69, 9.17) is 10.3 Å². The van der Waals surface area contributed by atoms with Gasteiger partial charge in [0.2, 0.25) is 0 Å². The first-order chi connectivity index (χ1) is 13.3. The molecule has 0 spiro atoms. The van der Waals surface area contributed by atoms with Crippen molar-refractivity contribution in [2.45, 2.75) is 0 Å². The first-order valence-electron chi connectivity index (χ1n) is 8.48. The number of pyridine rings is 1. The van der Waals surface area contributed by atoms with Crippen LogP contribution in [-0.2, 0) is 0 Å². The summed E-state index contributed by atoms with van der Waals surface area (Å²) in [4.78, 5) is 7.59. The quantitative estimate of drug-likeness (QED) is 0.238. The van der Waals surface area contributed by atoms with Crippen LogP contribution in [0.3, 0.4) is 0 Å². The van der Waals surface area contributed by atoms with E-state index < -0.39 is 0 Å². The summed E-state index contributed by atoms with van der Waals surface area (Å²) in [5.41, 5.74) is 14.1. The van der Waals surface area contributed by atoms with Crippen LogP contribution >= 0.6 is 0 Å². The molecular weight excluding hydrogens is 336 g/mol. The molecule has 0 N–H and O–H groups in total. The molecule has 0 radical (unpaired) electrons. The standard InChI is InChI=1S/C22H16N4O/c1-27-21-12-11-17(15-7-3-2-4-8-15)19-13-16(14-24-22(19)21)18-9-5-6-10-20(18)25-26-23/h2-14H,1H3. The fourth-order valence-electron chi connectivity index (χ4n) is 3.23. The van der Waals surface area contributed by atoms with Crippen molar-refractivity contribution in [2.24, 2.45) is 5.11 Å². The van der Waals surface area contributed by atoms with E-state index >= 15 is 0 Å². The van der Waals surface area contributed by atoms with Gasteiger partial charge in [-0.25, -0.2) is 0 Å². The van der Waals surface area contributed by atoms with Crippen LogP contribution in [0.25, 0.3) is 43.6 Å². The zero-order chi connectivity index (χ0) is 18.6. The number of nitrogens with zero attached hydrogens (tertiary/aromatic N) is 4. The molecule has 1 heterocycles. The lowest BCUT2D eigenvalue weighted by Crippen LogP contribution is -1.91. The van der Waals surface area contributed by atoms with E-state index in [-0.39, 0.29) is 0 Å². The highest BCUT2D eigenvalue weighted by molar-refractivity contribution is 6.00. The molecule has 1 aromatic heterocycles. The summed E-state index contributed by atoms with van der Waals surface area (Å²) in [5, 5.41) is 4.79. The summed E-state index contributed by atoms with van der Waals surface area (Å²) in [6.07, 6.45) is 1.78. The van der Waals surface area contributed by atoms with Crippen LogP contribution in [0.5, 0.6) is 5.75 Å². The van der Waals surface area contributed by atoms with Gasteiger partial charge in [-0.1, -0.05) is 59.7 Å². The molecule has 27 heavy (non-hydrogen) atoms. The second-order valence-corrected chi connectivity index (χ2v) is 6.01. The van der Waals surface area contributed by atoms with E-state index in [0.29, 0.717) is 5.69 Å². The van der Waals surface area contributed by atoms with Gasteiger partial charge in [-0.2, -0.15) is 0 Å². The molecule has 0 unspecified atom stereocenters. The molecule has 130 valence electrons. The van der Waals surface area contributed by atoms with Crippen LogP contribution in [0.2, 0.25) is 0 Å². The molecule has 3 aromatic carbocycles. The largest absolute Gasteiger partial charge is 0.494 e. The summed E-state index contributed by atoms with van der Waals surface area (Å²) in [6.45, 7) is 0. The third kappa shape index (κ3) is 3.08. The first-order valence-corrected chi connectivity index (χ1v) is 8.48. The van der Waals surface area contributed by atoms with Crippen LogP contribution in [-0.4, -0.2) is 12.1 Å². The first kappa shape index (κ1) is 16.6. The summed E-state index contributed by atoms with van der Waals surface area (Å²) in [5.74, 6) is 0.722. The third-order valence-electron chi connectivity index (χ3n) is 4.48. The average Bonchev–Trinajstić information content (AvgIpc) is 2.74. The Kier molecular flexibility index (Phi) is 4.44. The van der Waals surface area contributed by atoms with E-state index in [1.807, 2.05) is 48.5 Å². The second kappa shape index (κ2) is 7.20. The molecule has 5 nitrogen and oxygen atoms in total. The van der Waals surface area contributed by atoms with Gasteiger partial charge in [-0.15, -0.1) is 0 Å². The van der Waals surface area contributed by atoms with Crippen molar-refractivity contribution >= 4 is 16.6 Å². The van der Waals surface area contributed by atoms with Gasteiger partial charge < -0.3 is 4.74 Å². The Hall–Kier alpha value is -3.82. The molecule has 0 atom stereocenters. The van der Waals surface area contributed by atoms with E-state index in [0.717, 1.165) is 38.9 Å². The van der Waals surface area contributed by atoms with Gasteiger partial charge in [0.15, 0.2) is 0 Å². The number of methoxy groups -OCH3 is 1. The highest BCUT2D eigenvalue weighted by Gasteiger charge is 2.12. The molecule has 0 aliphatic heterocycles. The number of hydrogen-bond donors (Lipinski definition) is 0. The Balaban J connectivity index is 2.00. The van der Waals surface area contributed by atoms with Crippen molar-refractivity contribution in [2.75, 3.05) is 7.11 Å². The van der Waals surface area contributed by atoms with Crippen LogP contribution < -0.4 is 4.74 Å². The summed E-state index contributed by atoms with van der Waals surface area (Å²) in [6, 6.07) is 23.7. The van der Waals surface area contributed by atoms with Gasteiger partial charge >= 0.3 is 0 Å². The number of fused-ring (bicyclic) bond motifs is 1. The lowest BCUT2D eigenvalue weighted by atomic mass is 9.97. The van der Waals surface area contributed by atoms with E-state index in [1.54, 1.807) is 19.4 Å². The van der Waals surface area contributed by atoms with Gasteiger partial charge in [0.05, 0.1) is 7.11 Å². The van der Waals surface area contributed by atoms with Crippen molar-refractivity contribution in [3.8, 4) is 28.0 Å². The molecule has 0 fully saturated rings. The molecule has 0 aliphatic rings. The van der Waals surface area contributed by atoms with Crippen molar-refractivity contribution in [3.63, 3.8) is 0 Å². The number of ether oxygens (including phenoxy) is 1. The lowest BCUT2D eigenvalue weighted by molar-refractivity contribution is 0.419. The minimum absolute atomic E-state index is 0.574. The van der Waals surface area contributed by atoms with Gasteiger partial charge in [0, 0.05) is 27.7 Å². The zero-order valence-electron chi connectivity index (χ0n) is 14.7. The minimum atomic E-state index is 0.574. The Morgan fingerprint density at radius 1 is 0.889 bits per heavy atom. The van der Waals surface area contributed by atoms with Crippen molar-refractivity contribution in [3.05, 3.63) is 89.4 Å². The van der Waals surface area contributed by atoms with Crippen molar-refractivity contribution in [1.29, 1.82) is 0 Å². The number of benzene rings is 3. The van der Waals surface area contributed by atoms with Crippen LogP contribution in [0.1, 0.15) is 0 Å². The minimum Gasteiger partial charge on any atom is -0.494 e. The van der Waals surface area contributed by atoms with Gasteiger partial charge in [-0.05, 0) is 40.4 Å². The molecule has 0 saturated heterocycles. The van der Waals surface area contributed by atoms with Crippen LogP contribution in [0.4, 0.5) is 5.69 Å². The summed E-state index contributed by atoms with van der Waals surface area (Å²) >= 11 is 0. The number of hydrogen-bond acceptors (Lipinski definition) is 3. The topological polar surface area (TPSA) is 70.9 Å². The fraction of sp³-hybridized carbons (Fsp3) is 0.0455. The highest BCUT2D eigenvalue weighted by atomic mass is 16.5. The second-order valence-electron chi connectivity index (χ2n) is 6.01. The molecule has 0 amide bonds.